The number of hydrogen-bond acceptors (Lipinski definition) is 3. The lowest BCUT2D eigenvalue weighted by atomic mass is 9.78. The number of nitrogens with zero attached hydrogens (tertiary/aromatic N) is 1. The van der Waals surface area contributed by atoms with Gasteiger partial charge in [-0.15, -0.1) is 0 Å². The van der Waals surface area contributed by atoms with Crippen LogP contribution in [0, 0.1) is 16.7 Å². The monoisotopic (exact) mass is 342 g/mol. The molecule has 128 valence electrons. The number of carbonyl (C=O) groups excluding carboxylic acids is 2. The molecule has 1 fully saturated rings. The van der Waals surface area contributed by atoms with E-state index < -0.39 is 5.41 Å². The van der Waals surface area contributed by atoms with Gasteiger partial charge >= 0.3 is 0 Å². The van der Waals surface area contributed by atoms with E-state index in [-0.39, 0.29) is 11.9 Å². The van der Waals surface area contributed by atoms with Gasteiger partial charge in [-0.3, -0.25) is 9.59 Å². The summed E-state index contributed by atoms with van der Waals surface area (Å²) in [5, 5.41) is 13.0. The van der Waals surface area contributed by atoms with Gasteiger partial charge in [-0.05, 0) is 42.0 Å². The summed E-state index contributed by atoms with van der Waals surface area (Å²) < 4.78 is 0. The minimum Gasteiger partial charge on any atom is -0.344 e. The van der Waals surface area contributed by atoms with E-state index >= 15 is 0 Å². The number of rotatable bonds is 4. The van der Waals surface area contributed by atoms with Gasteiger partial charge in [0.25, 0.3) is 5.91 Å². The molecule has 1 heterocycles. The molecule has 0 aromatic heterocycles. The summed E-state index contributed by atoms with van der Waals surface area (Å²) in [5.74, 6) is -0.152. The quantitative estimate of drug-likeness (QED) is 0.867. The Bertz CT molecular complexity index is 956. The smallest absolute Gasteiger partial charge is 0.252 e. The second-order valence-corrected chi connectivity index (χ2v) is 6.98. The normalized spacial score (nSPS) is 24.1. The molecule has 2 aliphatic rings. The molecule has 0 spiro atoms. The molecule has 1 N–H and O–H groups in total. The van der Waals surface area contributed by atoms with Gasteiger partial charge in [-0.1, -0.05) is 48.5 Å². The van der Waals surface area contributed by atoms with Crippen LogP contribution in [0.3, 0.4) is 0 Å². The highest BCUT2D eigenvalue weighted by molar-refractivity contribution is 6.23. The van der Waals surface area contributed by atoms with Crippen molar-refractivity contribution in [3.63, 3.8) is 0 Å². The average molecular weight is 342 g/mol. The first-order valence-corrected chi connectivity index (χ1v) is 8.71. The van der Waals surface area contributed by atoms with Crippen LogP contribution in [0.15, 0.2) is 60.2 Å². The maximum Gasteiger partial charge on any atom is 0.252 e. The molecule has 4 heteroatoms. The molecule has 4 nitrogen and oxygen atoms in total. The van der Waals surface area contributed by atoms with E-state index in [2.05, 4.69) is 11.4 Å². The fourth-order valence-electron chi connectivity index (χ4n) is 4.22. The second kappa shape index (κ2) is 6.27. The number of benzene rings is 2. The Kier molecular flexibility index (Phi) is 3.93. The summed E-state index contributed by atoms with van der Waals surface area (Å²) in [6.45, 7) is 0. The summed E-state index contributed by atoms with van der Waals surface area (Å²) in [6.07, 6.45) is 2.82. The number of nitriles is 1. The predicted molar refractivity (Wildman–Crippen MR) is 98.1 cm³/mol. The van der Waals surface area contributed by atoms with Crippen molar-refractivity contribution in [1.29, 1.82) is 5.26 Å². The summed E-state index contributed by atoms with van der Waals surface area (Å²) in [4.78, 5) is 23.8. The molecule has 1 amide bonds. The molecular formula is C22H18N2O2. The van der Waals surface area contributed by atoms with E-state index in [9.17, 15) is 14.9 Å². The van der Waals surface area contributed by atoms with Crippen LogP contribution < -0.4 is 5.32 Å². The van der Waals surface area contributed by atoms with Gasteiger partial charge < -0.3 is 5.32 Å². The molecule has 0 bridgehead atoms. The Hall–Kier alpha value is -3.19. The number of nitrogens with one attached hydrogen (secondary N) is 1. The van der Waals surface area contributed by atoms with Gasteiger partial charge in [0, 0.05) is 11.1 Å². The second-order valence-electron chi connectivity index (χ2n) is 6.98. The standard InChI is InChI=1S/C22H18N2O2/c23-14-22(12-15-5-2-1-3-6-15)10-9-18-19(21(26)24-20(18)22)17-8-4-7-16(11-17)13-25/h1-8,11,13,20H,9-10,12H2,(H,24,26). The fraction of sp³-hybridized carbons (Fsp3) is 0.227. The Labute approximate surface area is 152 Å². The third-order valence-electron chi connectivity index (χ3n) is 5.46. The summed E-state index contributed by atoms with van der Waals surface area (Å²) in [5.41, 5.74) is 3.38. The van der Waals surface area contributed by atoms with E-state index in [1.54, 1.807) is 18.2 Å². The summed E-state index contributed by atoms with van der Waals surface area (Å²) in [6, 6.07) is 19.3. The molecule has 0 saturated heterocycles. The van der Waals surface area contributed by atoms with Crippen molar-refractivity contribution < 1.29 is 9.59 Å². The highest BCUT2D eigenvalue weighted by Crippen LogP contribution is 2.49. The van der Waals surface area contributed by atoms with Gasteiger partial charge in [0.05, 0.1) is 17.5 Å². The van der Waals surface area contributed by atoms with Crippen molar-refractivity contribution in [2.45, 2.75) is 25.3 Å². The third-order valence-corrected chi connectivity index (χ3v) is 5.46. The lowest BCUT2D eigenvalue weighted by Gasteiger charge is -2.27. The fourth-order valence-corrected chi connectivity index (χ4v) is 4.22. The zero-order valence-corrected chi connectivity index (χ0v) is 14.2. The number of fused-ring (bicyclic) bond motifs is 1. The molecular weight excluding hydrogens is 324 g/mol. The summed E-state index contributed by atoms with van der Waals surface area (Å²) in [7, 11) is 0. The van der Waals surface area contributed by atoms with Crippen LogP contribution in [0.2, 0.25) is 0 Å². The maximum absolute atomic E-state index is 12.7. The number of amides is 1. The Morgan fingerprint density at radius 1 is 1.19 bits per heavy atom. The molecule has 1 aliphatic heterocycles. The highest BCUT2D eigenvalue weighted by atomic mass is 16.2. The van der Waals surface area contributed by atoms with E-state index in [0.717, 1.165) is 29.4 Å². The first-order chi connectivity index (χ1) is 12.7. The molecule has 2 aromatic rings. The van der Waals surface area contributed by atoms with E-state index in [0.29, 0.717) is 24.0 Å². The average Bonchev–Trinajstić information content (AvgIpc) is 3.19. The lowest BCUT2D eigenvalue weighted by Crippen LogP contribution is -2.41. The third kappa shape index (κ3) is 2.53. The van der Waals surface area contributed by atoms with Crippen molar-refractivity contribution >= 4 is 17.8 Å². The topological polar surface area (TPSA) is 70.0 Å². The molecule has 0 radical (unpaired) electrons. The molecule has 2 atom stereocenters. The molecule has 2 unspecified atom stereocenters. The molecule has 1 saturated carbocycles. The largest absolute Gasteiger partial charge is 0.344 e. The SMILES string of the molecule is N#CC1(Cc2ccccc2)CCC2=C(c3cccc(C=O)c3)C(=O)NC21. The Balaban J connectivity index is 1.75. The Morgan fingerprint density at radius 2 is 2.00 bits per heavy atom. The van der Waals surface area contributed by atoms with Gasteiger partial charge in [0.1, 0.15) is 6.29 Å². The number of aldehydes is 1. The number of carbonyl (C=O) groups is 2. The molecule has 26 heavy (non-hydrogen) atoms. The van der Waals surface area contributed by atoms with Gasteiger partial charge in [-0.2, -0.15) is 5.26 Å². The summed E-state index contributed by atoms with van der Waals surface area (Å²) >= 11 is 0. The first-order valence-electron chi connectivity index (χ1n) is 8.71. The number of hydrogen-bond donors (Lipinski definition) is 1. The van der Waals surface area contributed by atoms with Gasteiger partial charge in [0.15, 0.2) is 0 Å². The van der Waals surface area contributed by atoms with Crippen molar-refractivity contribution in [1.82, 2.24) is 5.32 Å². The van der Waals surface area contributed by atoms with Crippen LogP contribution >= 0.6 is 0 Å². The van der Waals surface area contributed by atoms with Crippen molar-refractivity contribution in [2.75, 3.05) is 0 Å². The van der Waals surface area contributed by atoms with Gasteiger partial charge in [-0.25, -0.2) is 0 Å². The van der Waals surface area contributed by atoms with Gasteiger partial charge in [0.2, 0.25) is 0 Å². The van der Waals surface area contributed by atoms with Crippen molar-refractivity contribution in [3.8, 4) is 6.07 Å². The van der Waals surface area contributed by atoms with Crippen LogP contribution in [-0.2, 0) is 11.2 Å². The van der Waals surface area contributed by atoms with Crippen LogP contribution in [0.5, 0.6) is 0 Å². The zero-order chi connectivity index (χ0) is 18.1. The predicted octanol–water partition coefficient (Wildman–Crippen LogP) is 3.30. The van der Waals surface area contributed by atoms with E-state index in [4.69, 9.17) is 0 Å². The van der Waals surface area contributed by atoms with Crippen LogP contribution in [-0.4, -0.2) is 18.2 Å². The lowest BCUT2D eigenvalue weighted by molar-refractivity contribution is -0.115. The first kappa shape index (κ1) is 16.3. The molecule has 4 rings (SSSR count). The van der Waals surface area contributed by atoms with Crippen LogP contribution in [0.4, 0.5) is 0 Å². The van der Waals surface area contributed by atoms with Crippen molar-refractivity contribution in [2.24, 2.45) is 5.41 Å². The zero-order valence-electron chi connectivity index (χ0n) is 14.2. The highest BCUT2D eigenvalue weighted by Gasteiger charge is 2.51. The Morgan fingerprint density at radius 3 is 2.73 bits per heavy atom. The molecule has 2 aromatic carbocycles. The maximum atomic E-state index is 12.7. The van der Waals surface area contributed by atoms with E-state index in [1.807, 2.05) is 36.4 Å². The minimum atomic E-state index is -0.629. The van der Waals surface area contributed by atoms with Crippen LogP contribution in [0.25, 0.3) is 5.57 Å². The minimum absolute atomic E-state index is 0.152. The van der Waals surface area contributed by atoms with Crippen molar-refractivity contribution in [3.05, 3.63) is 76.9 Å². The van der Waals surface area contributed by atoms with E-state index in [1.165, 1.54) is 0 Å². The van der Waals surface area contributed by atoms with Crippen LogP contribution in [0.1, 0.15) is 34.3 Å². The molecule has 1 aliphatic carbocycles.